The second kappa shape index (κ2) is 9.99. The molecule has 1 saturated carbocycles. The lowest BCUT2D eigenvalue weighted by molar-refractivity contribution is -0.124. The predicted molar refractivity (Wildman–Crippen MR) is 129 cm³/mol. The number of aromatic nitrogens is 2. The highest BCUT2D eigenvalue weighted by molar-refractivity contribution is 5.85. The summed E-state index contributed by atoms with van der Waals surface area (Å²) in [5.74, 6) is 2.01. The smallest absolute Gasteiger partial charge is 0.234 e. The summed E-state index contributed by atoms with van der Waals surface area (Å²) in [5.41, 5.74) is 4.98. The number of anilines is 2. The molecule has 2 N–H and O–H groups in total. The van der Waals surface area contributed by atoms with E-state index in [9.17, 15) is 4.79 Å². The van der Waals surface area contributed by atoms with Crippen molar-refractivity contribution in [3.63, 3.8) is 0 Å². The monoisotopic (exact) mass is 460 g/mol. The maximum absolute atomic E-state index is 11.6. The van der Waals surface area contributed by atoms with Crippen molar-refractivity contribution in [1.82, 2.24) is 20.2 Å². The number of hydrogen-bond donors (Lipinski definition) is 2. The summed E-state index contributed by atoms with van der Waals surface area (Å²) in [4.78, 5) is 22.9. The van der Waals surface area contributed by atoms with E-state index in [0.717, 1.165) is 30.2 Å². The molecule has 3 aromatic rings. The Balaban J connectivity index is 0.00000259. The molecule has 1 aliphatic carbocycles. The predicted octanol–water partition coefficient (Wildman–Crippen LogP) is 3.99. The largest absolute Gasteiger partial charge is 0.354 e. The Morgan fingerprint density at radius 2 is 1.94 bits per heavy atom. The maximum Gasteiger partial charge on any atom is 0.234 e. The third kappa shape index (κ3) is 5.67. The molecule has 3 heterocycles. The van der Waals surface area contributed by atoms with Crippen LogP contribution in [0.5, 0.6) is 0 Å². The van der Waals surface area contributed by atoms with Gasteiger partial charge < -0.3 is 10.6 Å². The van der Waals surface area contributed by atoms with Crippen molar-refractivity contribution in [2.45, 2.75) is 25.3 Å². The van der Waals surface area contributed by atoms with Crippen LogP contribution in [-0.2, 0) is 11.3 Å². The first-order chi connectivity index (χ1) is 15.7. The fraction of sp³-hybridized carbons (Fsp3) is 0.280. The third-order valence-corrected chi connectivity index (χ3v) is 5.81. The molecule has 0 spiro atoms. The first-order valence-corrected chi connectivity index (χ1v) is 10.9. The minimum Gasteiger partial charge on any atom is -0.354 e. The van der Waals surface area contributed by atoms with Crippen LogP contribution in [-0.4, -0.2) is 40.4 Å². The average Bonchev–Trinajstić information content (AvgIpc) is 3.65. The maximum atomic E-state index is 11.6. The van der Waals surface area contributed by atoms with Crippen molar-refractivity contribution in [1.29, 1.82) is 5.26 Å². The van der Waals surface area contributed by atoms with Crippen LogP contribution in [0.25, 0.3) is 11.3 Å². The van der Waals surface area contributed by atoms with Crippen LogP contribution >= 0.6 is 12.4 Å². The minimum absolute atomic E-state index is 0. The van der Waals surface area contributed by atoms with Crippen molar-refractivity contribution in [3.05, 3.63) is 71.4 Å². The fourth-order valence-electron chi connectivity index (χ4n) is 3.98. The molecule has 2 aliphatic rings. The second-order valence-corrected chi connectivity index (χ2v) is 8.37. The van der Waals surface area contributed by atoms with Crippen LogP contribution in [0.15, 0.2) is 54.7 Å². The minimum atomic E-state index is 0. The molecule has 1 saturated heterocycles. The van der Waals surface area contributed by atoms with Crippen molar-refractivity contribution >= 4 is 29.9 Å². The van der Waals surface area contributed by atoms with Crippen LogP contribution in [0.3, 0.4) is 0 Å². The lowest BCUT2D eigenvalue weighted by atomic mass is 10.0. The summed E-state index contributed by atoms with van der Waals surface area (Å²) in [5, 5.41) is 15.3. The molecule has 1 aromatic carbocycles. The Hall–Kier alpha value is -3.47. The molecule has 8 heteroatoms. The van der Waals surface area contributed by atoms with E-state index in [2.05, 4.69) is 63.0 Å². The number of amides is 1. The van der Waals surface area contributed by atoms with Gasteiger partial charge in [-0.3, -0.25) is 9.69 Å². The third-order valence-electron chi connectivity index (χ3n) is 5.81. The van der Waals surface area contributed by atoms with Gasteiger partial charge in [0.1, 0.15) is 11.6 Å². The Labute approximate surface area is 199 Å². The van der Waals surface area contributed by atoms with Crippen LogP contribution < -0.4 is 10.6 Å². The van der Waals surface area contributed by atoms with Crippen LogP contribution in [0.4, 0.5) is 11.6 Å². The molecule has 168 valence electrons. The number of hydrogen-bond acceptors (Lipinski definition) is 6. The van der Waals surface area contributed by atoms with Crippen molar-refractivity contribution < 1.29 is 4.79 Å². The van der Waals surface area contributed by atoms with E-state index >= 15 is 0 Å². The van der Waals surface area contributed by atoms with Crippen LogP contribution in [0.2, 0.25) is 0 Å². The Morgan fingerprint density at radius 3 is 2.67 bits per heavy atom. The topological polar surface area (TPSA) is 93.9 Å². The lowest BCUT2D eigenvalue weighted by Gasteiger charge is -2.26. The molecule has 2 aromatic heterocycles. The van der Waals surface area contributed by atoms with Gasteiger partial charge in [-0.25, -0.2) is 9.97 Å². The first-order valence-electron chi connectivity index (χ1n) is 10.9. The number of pyridine rings is 2. The molecule has 1 amide bonds. The number of benzene rings is 1. The highest BCUT2D eigenvalue weighted by Gasteiger charge is 2.25. The van der Waals surface area contributed by atoms with Gasteiger partial charge >= 0.3 is 0 Å². The first kappa shape index (κ1) is 22.7. The summed E-state index contributed by atoms with van der Waals surface area (Å²) in [6, 6.07) is 18.2. The quantitative estimate of drug-likeness (QED) is 0.577. The zero-order chi connectivity index (χ0) is 21.9. The Morgan fingerprint density at radius 1 is 1.12 bits per heavy atom. The van der Waals surface area contributed by atoms with E-state index in [-0.39, 0.29) is 18.3 Å². The molecule has 0 bridgehead atoms. The Kier molecular flexibility index (Phi) is 6.87. The summed E-state index contributed by atoms with van der Waals surface area (Å²) >= 11 is 0. The lowest BCUT2D eigenvalue weighted by Crippen LogP contribution is -2.47. The van der Waals surface area contributed by atoms with Gasteiger partial charge in [0.25, 0.3) is 0 Å². The molecule has 0 unspecified atom stereocenters. The van der Waals surface area contributed by atoms with Crippen molar-refractivity contribution in [2.75, 3.05) is 25.0 Å². The van der Waals surface area contributed by atoms with E-state index in [1.165, 1.54) is 24.0 Å². The van der Waals surface area contributed by atoms with Gasteiger partial charge in [0, 0.05) is 31.4 Å². The van der Waals surface area contributed by atoms with E-state index in [0.29, 0.717) is 30.4 Å². The summed E-state index contributed by atoms with van der Waals surface area (Å²) in [6.07, 6.45) is 4.03. The van der Waals surface area contributed by atoms with Gasteiger partial charge in [-0.2, -0.15) is 5.26 Å². The molecule has 0 atom stereocenters. The van der Waals surface area contributed by atoms with Gasteiger partial charge in [0.05, 0.1) is 23.9 Å². The molecule has 1 aliphatic heterocycles. The highest BCUT2D eigenvalue weighted by atomic mass is 35.5. The number of piperazine rings is 1. The molecular weight excluding hydrogens is 436 g/mol. The average molecular weight is 461 g/mol. The fourth-order valence-corrected chi connectivity index (χ4v) is 3.98. The van der Waals surface area contributed by atoms with Gasteiger partial charge in [-0.15, -0.1) is 12.4 Å². The molecular formula is C25H25ClN6O. The van der Waals surface area contributed by atoms with Crippen LogP contribution in [0, 0.1) is 11.3 Å². The number of nitriles is 1. The molecule has 0 radical (unpaired) electrons. The standard InChI is InChI=1S/C25H24N6O.ClH/c26-14-18-7-8-27-23(11-18)30-24-13-21(19-5-6-19)12-22(29-24)20-3-1-17(2-4-20)15-31-10-9-28-25(32)16-31;/h1-4,7-8,11-13,19H,5-6,9-10,15-16H2,(H,28,32)(H,27,29,30);1H. The van der Waals surface area contributed by atoms with Gasteiger partial charge in [0.15, 0.2) is 0 Å². The highest BCUT2D eigenvalue weighted by Crippen LogP contribution is 2.42. The number of halogens is 1. The Bertz CT molecular complexity index is 1190. The number of carbonyl (C=O) groups is 1. The number of nitrogens with zero attached hydrogens (tertiary/aromatic N) is 4. The van der Waals surface area contributed by atoms with Gasteiger partial charge in [-0.1, -0.05) is 24.3 Å². The van der Waals surface area contributed by atoms with E-state index in [4.69, 9.17) is 10.2 Å². The number of nitrogens with one attached hydrogen (secondary N) is 2. The molecule has 2 fully saturated rings. The summed E-state index contributed by atoms with van der Waals surface area (Å²) in [6.45, 7) is 2.78. The van der Waals surface area contributed by atoms with Crippen molar-refractivity contribution in [2.24, 2.45) is 0 Å². The molecule has 33 heavy (non-hydrogen) atoms. The summed E-state index contributed by atoms with van der Waals surface area (Å²) in [7, 11) is 0. The van der Waals surface area contributed by atoms with Crippen LogP contribution in [0.1, 0.15) is 35.4 Å². The summed E-state index contributed by atoms with van der Waals surface area (Å²) < 4.78 is 0. The van der Waals surface area contributed by atoms with E-state index in [1.54, 1.807) is 18.3 Å². The van der Waals surface area contributed by atoms with Gasteiger partial charge in [-0.05, 0) is 54.2 Å². The van der Waals surface area contributed by atoms with Crippen molar-refractivity contribution in [3.8, 4) is 17.3 Å². The zero-order valence-corrected chi connectivity index (χ0v) is 18.9. The SMILES string of the molecule is Cl.N#Cc1ccnc(Nc2cc(C3CC3)cc(-c3ccc(CN4CCNC(=O)C4)cc3)n2)c1. The van der Waals surface area contributed by atoms with E-state index in [1.807, 2.05) is 0 Å². The number of rotatable bonds is 6. The number of carbonyl (C=O) groups excluding carboxylic acids is 1. The zero-order valence-electron chi connectivity index (χ0n) is 18.1. The normalized spacial score (nSPS) is 15.8. The van der Waals surface area contributed by atoms with E-state index < -0.39 is 0 Å². The second-order valence-electron chi connectivity index (χ2n) is 8.37. The molecule has 7 nitrogen and oxygen atoms in total. The van der Waals surface area contributed by atoms with Gasteiger partial charge in [0.2, 0.25) is 5.91 Å². The molecule has 5 rings (SSSR count).